The van der Waals surface area contributed by atoms with Crippen LogP contribution >= 0.6 is 0 Å². The molecule has 0 saturated heterocycles. The highest BCUT2D eigenvalue weighted by Gasteiger charge is 2.18. The van der Waals surface area contributed by atoms with Crippen molar-refractivity contribution >= 4 is 11.9 Å². The highest BCUT2D eigenvalue weighted by Crippen LogP contribution is 2.03. The second-order valence-electron chi connectivity index (χ2n) is 3.38. The molecule has 5 nitrogen and oxygen atoms in total. The van der Waals surface area contributed by atoms with Gasteiger partial charge in [0.25, 0.3) is 0 Å². The van der Waals surface area contributed by atoms with Crippen molar-refractivity contribution in [2.45, 2.75) is 19.6 Å². The van der Waals surface area contributed by atoms with Gasteiger partial charge in [-0.3, -0.25) is 0 Å². The number of benzene rings is 1. The maximum atomic E-state index is 11.4. The molecule has 0 aromatic heterocycles. The van der Waals surface area contributed by atoms with Gasteiger partial charge in [0.2, 0.25) is 0 Å². The summed E-state index contributed by atoms with van der Waals surface area (Å²) in [5, 5.41) is 8.45. The topological polar surface area (TPSA) is 72.8 Å². The number of carbonyl (C=O) groups excluding carboxylic acids is 2. The molecule has 0 aliphatic heterocycles. The van der Waals surface area contributed by atoms with Crippen LogP contribution in [0.2, 0.25) is 0 Å². The molecule has 0 aliphatic rings. The van der Waals surface area contributed by atoms with Crippen LogP contribution in [0.3, 0.4) is 0 Å². The maximum Gasteiger partial charge on any atom is 0.347 e. The Balaban J connectivity index is 2.37. The lowest BCUT2D eigenvalue weighted by Gasteiger charge is -2.11. The van der Waals surface area contributed by atoms with Gasteiger partial charge in [-0.05, 0) is 12.5 Å². The van der Waals surface area contributed by atoms with Crippen molar-refractivity contribution in [3.63, 3.8) is 0 Å². The largest absolute Gasteiger partial charge is 0.458 e. The zero-order valence-electron chi connectivity index (χ0n) is 9.46. The van der Waals surface area contributed by atoms with Crippen molar-refractivity contribution in [1.82, 2.24) is 0 Å². The lowest BCUT2D eigenvalue weighted by atomic mass is 10.2. The minimum Gasteiger partial charge on any atom is -0.458 e. The van der Waals surface area contributed by atoms with Crippen molar-refractivity contribution in [3.05, 3.63) is 35.9 Å². The lowest BCUT2D eigenvalue weighted by molar-refractivity contribution is -0.168. The van der Waals surface area contributed by atoms with E-state index in [1.165, 1.54) is 6.92 Å². The molecule has 0 amide bonds. The first-order chi connectivity index (χ1) is 8.13. The minimum absolute atomic E-state index is 0.126. The first-order valence-corrected chi connectivity index (χ1v) is 5.14. The van der Waals surface area contributed by atoms with Gasteiger partial charge in [0.15, 0.2) is 6.10 Å². The normalized spacial score (nSPS) is 11.6. The number of hydrogen-bond donors (Lipinski definition) is 1. The van der Waals surface area contributed by atoms with Gasteiger partial charge in [-0.2, -0.15) is 0 Å². The molecule has 0 aliphatic carbocycles. The van der Waals surface area contributed by atoms with Crippen LogP contribution in [0.4, 0.5) is 0 Å². The van der Waals surface area contributed by atoms with E-state index in [-0.39, 0.29) is 6.61 Å². The van der Waals surface area contributed by atoms with E-state index in [1.54, 1.807) is 0 Å². The van der Waals surface area contributed by atoms with Crippen LogP contribution in [0.1, 0.15) is 12.5 Å². The van der Waals surface area contributed by atoms with E-state index in [1.807, 2.05) is 30.3 Å². The number of aliphatic hydroxyl groups is 1. The molecule has 17 heavy (non-hydrogen) atoms. The van der Waals surface area contributed by atoms with E-state index in [9.17, 15) is 9.59 Å². The van der Waals surface area contributed by atoms with Gasteiger partial charge >= 0.3 is 11.9 Å². The molecule has 0 fully saturated rings. The summed E-state index contributed by atoms with van der Waals surface area (Å²) in [6.45, 7) is 0.762. The molecule has 0 bridgehead atoms. The van der Waals surface area contributed by atoms with Crippen LogP contribution in [-0.2, 0) is 25.7 Å². The molecule has 5 heteroatoms. The predicted molar refractivity (Wildman–Crippen MR) is 58.9 cm³/mol. The summed E-state index contributed by atoms with van der Waals surface area (Å²) in [4.78, 5) is 22.1. The van der Waals surface area contributed by atoms with Crippen molar-refractivity contribution in [2.75, 3.05) is 6.61 Å². The molecule has 1 N–H and O–H groups in total. The standard InChI is InChI=1S/C12H14O5/c1-9(17-11(14)7-13)12(15)16-8-10-5-3-2-4-6-10/h2-6,9,13H,7-8H2,1H3/t9-/m0/s1. The summed E-state index contributed by atoms with van der Waals surface area (Å²) >= 11 is 0. The molecule has 0 radical (unpaired) electrons. The molecule has 1 aromatic carbocycles. The summed E-state index contributed by atoms with van der Waals surface area (Å²) in [5.41, 5.74) is 0.849. The number of ether oxygens (including phenoxy) is 2. The Morgan fingerprint density at radius 1 is 1.29 bits per heavy atom. The third-order valence-corrected chi connectivity index (χ3v) is 1.99. The van der Waals surface area contributed by atoms with Crippen molar-refractivity contribution < 1.29 is 24.2 Å². The Hall–Kier alpha value is -1.88. The van der Waals surface area contributed by atoms with Crippen molar-refractivity contribution in [1.29, 1.82) is 0 Å². The van der Waals surface area contributed by atoms with E-state index in [0.717, 1.165) is 5.56 Å². The average Bonchev–Trinajstić information content (AvgIpc) is 2.36. The van der Waals surface area contributed by atoms with Crippen LogP contribution < -0.4 is 0 Å². The SMILES string of the molecule is C[C@H](OC(=O)CO)C(=O)OCc1ccccc1. The van der Waals surface area contributed by atoms with Crippen LogP contribution in [-0.4, -0.2) is 29.8 Å². The van der Waals surface area contributed by atoms with Crippen molar-refractivity contribution in [3.8, 4) is 0 Å². The molecular formula is C12H14O5. The third-order valence-electron chi connectivity index (χ3n) is 1.99. The molecule has 92 valence electrons. The van der Waals surface area contributed by atoms with Gasteiger partial charge in [-0.1, -0.05) is 30.3 Å². The van der Waals surface area contributed by atoms with E-state index in [0.29, 0.717) is 0 Å². The Labute approximate surface area is 99.0 Å². The zero-order valence-corrected chi connectivity index (χ0v) is 9.46. The van der Waals surface area contributed by atoms with E-state index in [4.69, 9.17) is 9.84 Å². The number of hydrogen-bond acceptors (Lipinski definition) is 5. The number of aliphatic hydroxyl groups excluding tert-OH is 1. The molecule has 1 rings (SSSR count). The monoisotopic (exact) mass is 238 g/mol. The maximum absolute atomic E-state index is 11.4. The summed E-state index contributed by atoms with van der Waals surface area (Å²) in [5.74, 6) is -1.50. The molecule has 0 unspecified atom stereocenters. The van der Waals surface area contributed by atoms with Crippen molar-refractivity contribution in [2.24, 2.45) is 0 Å². The van der Waals surface area contributed by atoms with Gasteiger partial charge in [0.1, 0.15) is 13.2 Å². The third kappa shape index (κ3) is 4.65. The van der Waals surface area contributed by atoms with Crippen LogP contribution in [0, 0.1) is 0 Å². The lowest BCUT2D eigenvalue weighted by Crippen LogP contribution is -2.27. The van der Waals surface area contributed by atoms with Gasteiger partial charge in [0.05, 0.1) is 0 Å². The van der Waals surface area contributed by atoms with E-state index in [2.05, 4.69) is 4.74 Å². The Kier molecular flexibility index (Phi) is 5.16. The molecule has 0 spiro atoms. The molecule has 1 aromatic rings. The molecule has 1 atom stereocenters. The van der Waals surface area contributed by atoms with Gasteiger partial charge in [0, 0.05) is 0 Å². The Bertz CT molecular complexity index is 374. The minimum atomic E-state index is -1.02. The smallest absolute Gasteiger partial charge is 0.347 e. The first-order valence-electron chi connectivity index (χ1n) is 5.14. The fourth-order valence-electron chi connectivity index (χ4n) is 1.13. The quantitative estimate of drug-likeness (QED) is 0.762. The fraction of sp³-hybridized carbons (Fsp3) is 0.333. The average molecular weight is 238 g/mol. The fourth-order valence-corrected chi connectivity index (χ4v) is 1.13. The zero-order chi connectivity index (χ0) is 12.7. The van der Waals surface area contributed by atoms with E-state index >= 15 is 0 Å². The Morgan fingerprint density at radius 3 is 2.53 bits per heavy atom. The molecular weight excluding hydrogens is 224 g/mol. The second kappa shape index (κ2) is 6.65. The summed E-state index contributed by atoms with van der Waals surface area (Å²) in [6.07, 6.45) is -1.02. The van der Waals surface area contributed by atoms with E-state index < -0.39 is 24.6 Å². The highest BCUT2D eigenvalue weighted by molar-refractivity contribution is 5.79. The van der Waals surface area contributed by atoms with Crippen LogP contribution in [0.5, 0.6) is 0 Å². The second-order valence-corrected chi connectivity index (χ2v) is 3.38. The number of carbonyl (C=O) groups is 2. The summed E-state index contributed by atoms with van der Waals surface area (Å²) in [7, 11) is 0. The van der Waals surface area contributed by atoms with Crippen LogP contribution in [0.15, 0.2) is 30.3 Å². The molecule has 0 saturated carbocycles. The first kappa shape index (κ1) is 13.2. The predicted octanol–water partition coefficient (Wildman–Crippen LogP) is 0.654. The Morgan fingerprint density at radius 2 is 1.94 bits per heavy atom. The number of esters is 2. The number of rotatable bonds is 5. The summed E-state index contributed by atoms with van der Waals surface area (Å²) < 4.78 is 9.52. The van der Waals surface area contributed by atoms with Gasteiger partial charge < -0.3 is 14.6 Å². The van der Waals surface area contributed by atoms with Crippen LogP contribution in [0.25, 0.3) is 0 Å². The van der Waals surface area contributed by atoms with Gasteiger partial charge in [-0.15, -0.1) is 0 Å². The molecule has 0 heterocycles. The summed E-state index contributed by atoms with van der Waals surface area (Å²) in [6, 6.07) is 9.16. The van der Waals surface area contributed by atoms with Gasteiger partial charge in [-0.25, -0.2) is 9.59 Å². The highest BCUT2D eigenvalue weighted by atomic mass is 16.6.